The van der Waals surface area contributed by atoms with E-state index in [0.717, 1.165) is 23.7 Å². The van der Waals surface area contributed by atoms with Crippen molar-refractivity contribution < 1.29 is 0 Å². The Balaban J connectivity index is 1.81. The standard InChI is InChI=1S/C17H21N3/c1-17(2)16-10-4-3-9(7-10)14(16)15-11-8-18-20-12(11)5-6-13(15)19-17/h5-6,8-10,14,16,19H,3-4,7H2,1-2H3,(H,18,20)/t9?,10?,14-,16-/m1/s1. The first kappa shape index (κ1) is 11.2. The molecule has 2 bridgehead atoms. The minimum atomic E-state index is 0.217. The molecule has 104 valence electrons. The van der Waals surface area contributed by atoms with Crippen molar-refractivity contribution in [3.63, 3.8) is 0 Å². The maximum atomic E-state index is 4.27. The summed E-state index contributed by atoms with van der Waals surface area (Å²) in [6, 6.07) is 4.41. The molecular formula is C17H21N3. The molecule has 2 aromatic rings. The lowest BCUT2D eigenvalue weighted by molar-refractivity contribution is 0.196. The lowest BCUT2D eigenvalue weighted by Crippen LogP contribution is -2.48. The van der Waals surface area contributed by atoms with Gasteiger partial charge >= 0.3 is 0 Å². The first-order valence-corrected chi connectivity index (χ1v) is 7.89. The highest BCUT2D eigenvalue weighted by atomic mass is 15.1. The number of anilines is 1. The molecular weight excluding hydrogens is 246 g/mol. The minimum Gasteiger partial charge on any atom is -0.380 e. The van der Waals surface area contributed by atoms with Gasteiger partial charge in [-0.05, 0) is 74.5 Å². The molecule has 0 saturated heterocycles. The molecule has 3 nitrogen and oxygen atoms in total. The molecule has 4 atom stereocenters. The molecule has 0 amide bonds. The Morgan fingerprint density at radius 1 is 1.20 bits per heavy atom. The average Bonchev–Trinajstić information content (AvgIpc) is 3.12. The topological polar surface area (TPSA) is 40.7 Å². The normalized spacial score (nSPS) is 36.7. The van der Waals surface area contributed by atoms with Crippen molar-refractivity contribution in [2.24, 2.45) is 17.8 Å². The summed E-state index contributed by atoms with van der Waals surface area (Å²) < 4.78 is 0. The van der Waals surface area contributed by atoms with Gasteiger partial charge in [-0.1, -0.05) is 0 Å². The second-order valence-corrected chi connectivity index (χ2v) is 7.59. The van der Waals surface area contributed by atoms with Crippen LogP contribution >= 0.6 is 0 Å². The van der Waals surface area contributed by atoms with E-state index in [2.05, 4.69) is 41.5 Å². The Morgan fingerprint density at radius 2 is 2.05 bits per heavy atom. The van der Waals surface area contributed by atoms with Crippen molar-refractivity contribution in [2.75, 3.05) is 5.32 Å². The van der Waals surface area contributed by atoms with E-state index >= 15 is 0 Å². The van der Waals surface area contributed by atoms with E-state index in [-0.39, 0.29) is 5.54 Å². The van der Waals surface area contributed by atoms with Crippen molar-refractivity contribution in [1.29, 1.82) is 0 Å². The van der Waals surface area contributed by atoms with Crippen LogP contribution in [0.5, 0.6) is 0 Å². The highest BCUT2D eigenvalue weighted by Gasteiger charge is 2.56. The number of hydrogen-bond acceptors (Lipinski definition) is 2. The summed E-state index contributed by atoms with van der Waals surface area (Å²) in [5, 5.41) is 12.6. The Morgan fingerprint density at radius 3 is 2.95 bits per heavy atom. The van der Waals surface area contributed by atoms with Crippen molar-refractivity contribution in [1.82, 2.24) is 10.2 Å². The first-order valence-electron chi connectivity index (χ1n) is 7.89. The maximum Gasteiger partial charge on any atom is 0.0654 e. The van der Waals surface area contributed by atoms with E-state index in [1.807, 2.05) is 6.20 Å². The Kier molecular flexibility index (Phi) is 1.89. The Labute approximate surface area is 119 Å². The van der Waals surface area contributed by atoms with Gasteiger partial charge in [0, 0.05) is 16.6 Å². The predicted octanol–water partition coefficient (Wildman–Crippen LogP) is 3.90. The second kappa shape index (κ2) is 3.38. The fourth-order valence-corrected chi connectivity index (χ4v) is 5.68. The van der Waals surface area contributed by atoms with E-state index in [4.69, 9.17) is 0 Å². The summed E-state index contributed by atoms with van der Waals surface area (Å²) in [6.07, 6.45) is 6.33. The fraction of sp³-hybridized carbons (Fsp3) is 0.588. The third kappa shape index (κ3) is 1.20. The number of benzene rings is 1. The van der Waals surface area contributed by atoms with E-state index in [1.165, 1.54) is 35.9 Å². The summed E-state index contributed by atoms with van der Waals surface area (Å²) >= 11 is 0. The van der Waals surface area contributed by atoms with Gasteiger partial charge in [0.1, 0.15) is 0 Å². The zero-order valence-electron chi connectivity index (χ0n) is 12.1. The van der Waals surface area contributed by atoms with Crippen LogP contribution in [0.3, 0.4) is 0 Å². The number of hydrogen-bond donors (Lipinski definition) is 2. The fourth-order valence-electron chi connectivity index (χ4n) is 5.68. The molecule has 2 unspecified atom stereocenters. The van der Waals surface area contributed by atoms with Gasteiger partial charge in [-0.2, -0.15) is 5.10 Å². The van der Waals surface area contributed by atoms with Crippen LogP contribution in [0.4, 0.5) is 5.69 Å². The van der Waals surface area contributed by atoms with Crippen molar-refractivity contribution in [2.45, 2.75) is 44.6 Å². The van der Waals surface area contributed by atoms with Crippen LogP contribution in [0.25, 0.3) is 10.9 Å². The van der Waals surface area contributed by atoms with Gasteiger partial charge in [-0.15, -0.1) is 0 Å². The monoisotopic (exact) mass is 267 g/mol. The van der Waals surface area contributed by atoms with Gasteiger partial charge in [0.25, 0.3) is 0 Å². The second-order valence-electron chi connectivity index (χ2n) is 7.59. The molecule has 5 rings (SSSR count). The van der Waals surface area contributed by atoms with E-state index in [9.17, 15) is 0 Å². The van der Waals surface area contributed by atoms with Crippen LogP contribution in [-0.4, -0.2) is 15.7 Å². The molecule has 2 heterocycles. The smallest absolute Gasteiger partial charge is 0.0654 e. The molecule has 2 N–H and O–H groups in total. The van der Waals surface area contributed by atoms with Crippen LogP contribution in [0.1, 0.15) is 44.6 Å². The molecule has 1 aliphatic heterocycles. The summed E-state index contributed by atoms with van der Waals surface area (Å²) in [7, 11) is 0. The molecule has 0 radical (unpaired) electrons. The third-order valence-corrected chi connectivity index (χ3v) is 6.21. The Bertz CT molecular complexity index is 699. The van der Waals surface area contributed by atoms with Crippen molar-refractivity contribution in [3.05, 3.63) is 23.9 Å². The number of nitrogens with one attached hydrogen (secondary N) is 2. The van der Waals surface area contributed by atoms with Crippen LogP contribution in [-0.2, 0) is 0 Å². The van der Waals surface area contributed by atoms with Gasteiger partial charge in [0.2, 0.25) is 0 Å². The molecule has 1 aromatic heterocycles. The summed E-state index contributed by atoms with van der Waals surface area (Å²) in [5.74, 6) is 3.34. The lowest BCUT2D eigenvalue weighted by atomic mass is 9.64. The highest BCUT2D eigenvalue weighted by molar-refractivity contribution is 5.88. The number of rotatable bonds is 0. The van der Waals surface area contributed by atoms with Crippen LogP contribution in [0.15, 0.2) is 18.3 Å². The number of H-pyrrole nitrogens is 1. The van der Waals surface area contributed by atoms with Gasteiger partial charge in [0.15, 0.2) is 0 Å². The zero-order chi connectivity index (χ0) is 13.5. The van der Waals surface area contributed by atoms with Gasteiger partial charge < -0.3 is 5.32 Å². The molecule has 0 spiro atoms. The quantitative estimate of drug-likeness (QED) is 0.760. The zero-order valence-corrected chi connectivity index (χ0v) is 12.1. The molecule has 2 fully saturated rings. The van der Waals surface area contributed by atoms with Gasteiger partial charge in [0.05, 0.1) is 11.7 Å². The first-order chi connectivity index (χ1) is 9.65. The average molecular weight is 267 g/mol. The number of aromatic amines is 1. The van der Waals surface area contributed by atoms with E-state index in [0.29, 0.717) is 0 Å². The van der Waals surface area contributed by atoms with Crippen LogP contribution in [0, 0.1) is 17.8 Å². The highest BCUT2D eigenvalue weighted by Crippen LogP contribution is 2.64. The lowest BCUT2D eigenvalue weighted by Gasteiger charge is -2.48. The third-order valence-electron chi connectivity index (χ3n) is 6.21. The van der Waals surface area contributed by atoms with Gasteiger partial charge in [-0.3, -0.25) is 5.10 Å². The number of fused-ring (bicyclic) bond motifs is 9. The van der Waals surface area contributed by atoms with E-state index < -0.39 is 0 Å². The molecule has 2 saturated carbocycles. The van der Waals surface area contributed by atoms with E-state index in [1.54, 1.807) is 5.56 Å². The molecule has 3 aliphatic rings. The summed E-state index contributed by atoms with van der Waals surface area (Å²) in [4.78, 5) is 0. The molecule has 20 heavy (non-hydrogen) atoms. The maximum absolute atomic E-state index is 4.27. The summed E-state index contributed by atoms with van der Waals surface area (Å²) in [6.45, 7) is 4.79. The van der Waals surface area contributed by atoms with Crippen LogP contribution in [0.2, 0.25) is 0 Å². The largest absolute Gasteiger partial charge is 0.380 e. The van der Waals surface area contributed by atoms with Crippen molar-refractivity contribution in [3.8, 4) is 0 Å². The van der Waals surface area contributed by atoms with Crippen molar-refractivity contribution >= 4 is 16.6 Å². The molecule has 3 heteroatoms. The predicted molar refractivity (Wildman–Crippen MR) is 80.9 cm³/mol. The molecule has 2 aliphatic carbocycles. The minimum absolute atomic E-state index is 0.217. The summed E-state index contributed by atoms with van der Waals surface area (Å²) in [5.41, 5.74) is 4.30. The molecule has 1 aromatic carbocycles. The number of aromatic nitrogens is 2. The van der Waals surface area contributed by atoms with Gasteiger partial charge in [-0.25, -0.2) is 0 Å². The van der Waals surface area contributed by atoms with Crippen LogP contribution < -0.4 is 5.32 Å². The number of nitrogens with zero attached hydrogens (tertiary/aromatic N) is 1. The Hall–Kier alpha value is -1.51. The SMILES string of the molecule is CC1(C)Nc2ccc3[nH]ncc3c2[C@H]2C3CCC(C3)[C@H]21.